The summed E-state index contributed by atoms with van der Waals surface area (Å²) in [6, 6.07) is 22.9. The minimum atomic E-state index is -0.953. The quantitative estimate of drug-likeness (QED) is 0.404. The van der Waals surface area contributed by atoms with E-state index in [1.165, 1.54) is 12.1 Å². The van der Waals surface area contributed by atoms with Gasteiger partial charge in [0.25, 0.3) is 0 Å². The van der Waals surface area contributed by atoms with E-state index < -0.39 is 5.97 Å². The number of aryl methyl sites for hydroxylation is 2. The van der Waals surface area contributed by atoms with Crippen molar-refractivity contribution in [3.63, 3.8) is 0 Å². The molecule has 30 heavy (non-hydrogen) atoms. The zero-order valence-electron chi connectivity index (χ0n) is 16.3. The van der Waals surface area contributed by atoms with Crippen LogP contribution in [0.15, 0.2) is 78.9 Å². The summed E-state index contributed by atoms with van der Waals surface area (Å²) in [7, 11) is 0. The molecule has 0 aliphatic carbocycles. The second kappa shape index (κ2) is 8.37. The molecule has 0 heterocycles. The van der Waals surface area contributed by atoms with E-state index in [0.29, 0.717) is 6.42 Å². The van der Waals surface area contributed by atoms with E-state index in [0.717, 1.165) is 45.9 Å². The van der Waals surface area contributed by atoms with Gasteiger partial charge in [0, 0.05) is 5.39 Å². The standard InChI is InChI=1S/C26H21FO3/c27-22-12-9-18(10-13-22)20-11-14-23(26(29)30)21(16-20)5-1-3-17-7-8-19-4-2-6-25(28)24(19)15-17/h2,4,6-16,28H,1,3,5H2,(H,29,30). The van der Waals surface area contributed by atoms with Crippen molar-refractivity contribution < 1.29 is 19.4 Å². The van der Waals surface area contributed by atoms with Crippen molar-refractivity contribution in [3.8, 4) is 16.9 Å². The molecule has 3 nitrogen and oxygen atoms in total. The molecule has 0 bridgehead atoms. The number of carbonyl (C=O) groups is 1. The molecule has 0 unspecified atom stereocenters. The molecule has 0 aliphatic rings. The van der Waals surface area contributed by atoms with Crippen LogP contribution in [0, 0.1) is 5.82 Å². The Kier molecular flexibility index (Phi) is 5.48. The number of aromatic hydroxyl groups is 1. The monoisotopic (exact) mass is 400 g/mol. The molecule has 0 saturated carbocycles. The fraction of sp³-hybridized carbons (Fsp3) is 0.115. The molecule has 0 amide bonds. The van der Waals surface area contributed by atoms with Crippen molar-refractivity contribution >= 4 is 16.7 Å². The molecular formula is C26H21FO3. The topological polar surface area (TPSA) is 57.5 Å². The Morgan fingerprint density at radius 1 is 0.833 bits per heavy atom. The van der Waals surface area contributed by atoms with Crippen LogP contribution < -0.4 is 0 Å². The highest BCUT2D eigenvalue weighted by Gasteiger charge is 2.12. The Morgan fingerprint density at radius 2 is 1.60 bits per heavy atom. The van der Waals surface area contributed by atoms with Gasteiger partial charge in [0.1, 0.15) is 11.6 Å². The van der Waals surface area contributed by atoms with Crippen molar-refractivity contribution in [3.05, 3.63) is 101 Å². The van der Waals surface area contributed by atoms with E-state index in [9.17, 15) is 19.4 Å². The fourth-order valence-electron chi connectivity index (χ4n) is 3.77. The van der Waals surface area contributed by atoms with Crippen LogP contribution in [-0.2, 0) is 12.8 Å². The second-order valence-electron chi connectivity index (χ2n) is 7.37. The first kappa shape index (κ1) is 19.6. The Balaban J connectivity index is 1.54. The van der Waals surface area contributed by atoms with Crippen molar-refractivity contribution in [1.29, 1.82) is 0 Å². The summed E-state index contributed by atoms with van der Waals surface area (Å²) < 4.78 is 13.2. The fourth-order valence-corrected chi connectivity index (χ4v) is 3.77. The zero-order chi connectivity index (χ0) is 21.1. The summed E-state index contributed by atoms with van der Waals surface area (Å²) in [5.41, 5.74) is 3.85. The molecule has 0 atom stereocenters. The van der Waals surface area contributed by atoms with E-state index >= 15 is 0 Å². The molecule has 4 rings (SSSR count). The Hall–Kier alpha value is -3.66. The maximum atomic E-state index is 13.2. The Bertz CT molecular complexity index is 1210. The molecule has 4 aromatic carbocycles. The van der Waals surface area contributed by atoms with Crippen molar-refractivity contribution in [1.82, 2.24) is 0 Å². The third kappa shape index (κ3) is 4.18. The highest BCUT2D eigenvalue weighted by Crippen LogP contribution is 2.27. The highest BCUT2D eigenvalue weighted by atomic mass is 19.1. The van der Waals surface area contributed by atoms with Crippen molar-refractivity contribution in [2.75, 3.05) is 0 Å². The number of hydrogen-bond acceptors (Lipinski definition) is 2. The number of fused-ring (bicyclic) bond motifs is 1. The smallest absolute Gasteiger partial charge is 0.335 e. The minimum absolute atomic E-state index is 0.259. The van der Waals surface area contributed by atoms with Crippen LogP contribution in [0.3, 0.4) is 0 Å². The predicted octanol–water partition coefficient (Wildman–Crippen LogP) is 6.23. The maximum Gasteiger partial charge on any atom is 0.335 e. The van der Waals surface area contributed by atoms with Gasteiger partial charge in [0.05, 0.1) is 5.56 Å². The molecule has 150 valence electrons. The molecule has 4 aromatic rings. The number of halogens is 1. The van der Waals surface area contributed by atoms with E-state index in [1.807, 2.05) is 36.4 Å². The lowest BCUT2D eigenvalue weighted by Gasteiger charge is -2.10. The molecule has 4 heteroatoms. The van der Waals surface area contributed by atoms with E-state index in [2.05, 4.69) is 0 Å². The van der Waals surface area contributed by atoms with Crippen LogP contribution in [0.2, 0.25) is 0 Å². The lowest BCUT2D eigenvalue weighted by molar-refractivity contribution is 0.0695. The van der Waals surface area contributed by atoms with Crippen LogP contribution in [-0.4, -0.2) is 16.2 Å². The van der Waals surface area contributed by atoms with Gasteiger partial charge in [-0.2, -0.15) is 0 Å². The van der Waals surface area contributed by atoms with E-state index in [4.69, 9.17) is 0 Å². The summed E-state index contributed by atoms with van der Waals surface area (Å²) in [4.78, 5) is 11.7. The third-order valence-corrected chi connectivity index (χ3v) is 5.35. The second-order valence-corrected chi connectivity index (χ2v) is 7.37. The van der Waals surface area contributed by atoms with Crippen molar-refractivity contribution in [2.45, 2.75) is 19.3 Å². The molecule has 0 fully saturated rings. The molecule has 0 radical (unpaired) electrons. The zero-order valence-corrected chi connectivity index (χ0v) is 16.3. The van der Waals surface area contributed by atoms with Gasteiger partial charge in [0.15, 0.2) is 0 Å². The minimum Gasteiger partial charge on any atom is -0.507 e. The van der Waals surface area contributed by atoms with Crippen molar-refractivity contribution in [2.24, 2.45) is 0 Å². The predicted molar refractivity (Wildman–Crippen MR) is 116 cm³/mol. The van der Waals surface area contributed by atoms with Gasteiger partial charge in [-0.15, -0.1) is 0 Å². The van der Waals surface area contributed by atoms with E-state index in [1.54, 1.807) is 30.3 Å². The number of phenols is 1. The first-order valence-electron chi connectivity index (χ1n) is 9.84. The SMILES string of the molecule is O=C(O)c1ccc(-c2ccc(F)cc2)cc1CCCc1ccc2cccc(O)c2c1. The first-order valence-corrected chi connectivity index (χ1v) is 9.84. The normalized spacial score (nSPS) is 11.0. The Morgan fingerprint density at radius 3 is 2.37 bits per heavy atom. The van der Waals surface area contributed by atoms with Crippen LogP contribution >= 0.6 is 0 Å². The number of benzene rings is 4. The number of aromatic carboxylic acids is 1. The molecule has 2 N–H and O–H groups in total. The number of phenolic OH excluding ortho intramolecular Hbond substituents is 1. The van der Waals surface area contributed by atoms with E-state index in [-0.39, 0.29) is 17.1 Å². The Labute approximate surface area is 174 Å². The number of rotatable bonds is 6. The van der Waals surface area contributed by atoms with Gasteiger partial charge in [-0.25, -0.2) is 9.18 Å². The molecular weight excluding hydrogens is 379 g/mol. The molecule has 0 saturated heterocycles. The lowest BCUT2D eigenvalue weighted by Crippen LogP contribution is -2.03. The third-order valence-electron chi connectivity index (χ3n) is 5.35. The summed E-state index contributed by atoms with van der Waals surface area (Å²) in [6.07, 6.45) is 2.14. The highest BCUT2D eigenvalue weighted by molar-refractivity contribution is 5.90. The molecule has 0 aliphatic heterocycles. The van der Waals surface area contributed by atoms with Crippen LogP contribution in [0.4, 0.5) is 4.39 Å². The lowest BCUT2D eigenvalue weighted by atomic mass is 9.94. The van der Waals surface area contributed by atoms with Gasteiger partial charge < -0.3 is 10.2 Å². The van der Waals surface area contributed by atoms with Gasteiger partial charge in [-0.1, -0.05) is 48.5 Å². The number of carboxylic acids is 1. The average Bonchev–Trinajstić information content (AvgIpc) is 2.74. The molecule has 0 aromatic heterocycles. The summed E-state index contributed by atoms with van der Waals surface area (Å²) in [5, 5.41) is 21.4. The average molecular weight is 400 g/mol. The first-order chi connectivity index (χ1) is 14.5. The summed E-state index contributed by atoms with van der Waals surface area (Å²) >= 11 is 0. The van der Waals surface area contributed by atoms with Crippen LogP contribution in [0.25, 0.3) is 21.9 Å². The van der Waals surface area contributed by atoms with Gasteiger partial charge in [0.2, 0.25) is 0 Å². The van der Waals surface area contributed by atoms with Crippen LogP contribution in [0.1, 0.15) is 27.9 Å². The maximum absolute atomic E-state index is 13.2. The number of carboxylic acid groups (broad SMARTS) is 1. The summed E-state index contributed by atoms with van der Waals surface area (Å²) in [6.45, 7) is 0. The number of hydrogen-bond donors (Lipinski definition) is 2. The van der Waals surface area contributed by atoms with Gasteiger partial charge in [-0.3, -0.25) is 0 Å². The largest absolute Gasteiger partial charge is 0.507 e. The van der Waals surface area contributed by atoms with Crippen LogP contribution in [0.5, 0.6) is 5.75 Å². The summed E-state index contributed by atoms with van der Waals surface area (Å²) in [5.74, 6) is -0.997. The molecule has 0 spiro atoms. The van der Waals surface area contributed by atoms with Gasteiger partial charge in [-0.05, 0) is 77.2 Å². The van der Waals surface area contributed by atoms with Gasteiger partial charge >= 0.3 is 5.97 Å².